The smallest absolute Gasteiger partial charge is 0.238 e. The van der Waals surface area contributed by atoms with Crippen LogP contribution in [0.25, 0.3) is 0 Å². The quantitative estimate of drug-likeness (QED) is 0.737. The number of hydrogen-bond acceptors (Lipinski definition) is 3. The molecule has 0 spiro atoms. The maximum atomic E-state index is 11.8. The first-order valence-electron chi connectivity index (χ1n) is 6.79. The zero-order valence-electron chi connectivity index (χ0n) is 12.5. The summed E-state index contributed by atoms with van der Waals surface area (Å²) in [4.78, 5) is 23.5. The van der Waals surface area contributed by atoms with Crippen molar-refractivity contribution in [2.24, 2.45) is 0 Å². The lowest BCUT2D eigenvalue weighted by atomic mass is 10.2. The Morgan fingerprint density at radius 2 is 1.80 bits per heavy atom. The molecule has 110 valence electrons. The van der Waals surface area contributed by atoms with E-state index in [4.69, 9.17) is 0 Å². The zero-order chi connectivity index (χ0) is 15.1. The van der Waals surface area contributed by atoms with Crippen molar-refractivity contribution in [2.75, 3.05) is 11.9 Å². The molecule has 0 saturated heterocycles. The van der Waals surface area contributed by atoms with Gasteiger partial charge in [-0.15, -0.1) is 0 Å². The molecule has 0 aliphatic heterocycles. The number of carbonyl (C=O) groups excluding carboxylic acids is 2. The highest BCUT2D eigenvalue weighted by atomic mass is 16.2. The standard InChI is InChI=1S/C15H23N3O2/c1-10(2)17-15(20)12(4)16-9-14(19)18-13-8-6-5-7-11(13)3/h5-8,10,12,16H,9H2,1-4H3,(H,17,20)(H,18,19). The number of anilines is 1. The summed E-state index contributed by atoms with van der Waals surface area (Å²) in [6, 6.07) is 7.26. The van der Waals surface area contributed by atoms with Crippen molar-refractivity contribution < 1.29 is 9.59 Å². The van der Waals surface area contributed by atoms with Gasteiger partial charge in [-0.3, -0.25) is 14.9 Å². The fraction of sp³-hybridized carbons (Fsp3) is 0.467. The monoisotopic (exact) mass is 277 g/mol. The van der Waals surface area contributed by atoms with Gasteiger partial charge in [-0.1, -0.05) is 18.2 Å². The minimum atomic E-state index is -0.403. The van der Waals surface area contributed by atoms with Gasteiger partial charge >= 0.3 is 0 Å². The summed E-state index contributed by atoms with van der Waals surface area (Å²) < 4.78 is 0. The summed E-state index contributed by atoms with van der Waals surface area (Å²) in [5, 5.41) is 8.51. The molecule has 2 amide bonds. The summed E-state index contributed by atoms with van der Waals surface area (Å²) in [5.74, 6) is -0.271. The third kappa shape index (κ3) is 5.40. The number of hydrogen-bond donors (Lipinski definition) is 3. The van der Waals surface area contributed by atoms with Crippen LogP contribution in [0.5, 0.6) is 0 Å². The number of rotatable bonds is 6. The van der Waals surface area contributed by atoms with Gasteiger partial charge in [-0.2, -0.15) is 0 Å². The zero-order valence-corrected chi connectivity index (χ0v) is 12.5. The molecule has 1 aromatic carbocycles. The predicted octanol–water partition coefficient (Wildman–Crippen LogP) is 1.44. The van der Waals surface area contributed by atoms with Crippen molar-refractivity contribution in [1.29, 1.82) is 0 Å². The third-order valence-corrected chi connectivity index (χ3v) is 2.81. The fourth-order valence-electron chi connectivity index (χ4n) is 1.66. The molecule has 0 aliphatic carbocycles. The van der Waals surface area contributed by atoms with Gasteiger partial charge in [-0.25, -0.2) is 0 Å². The Bertz CT molecular complexity index is 472. The first kappa shape index (κ1) is 16.2. The highest BCUT2D eigenvalue weighted by molar-refractivity contribution is 5.93. The lowest BCUT2D eigenvalue weighted by molar-refractivity contribution is -0.123. The molecule has 0 aliphatic rings. The number of amides is 2. The van der Waals surface area contributed by atoms with E-state index in [2.05, 4.69) is 16.0 Å². The fourth-order valence-corrected chi connectivity index (χ4v) is 1.66. The molecule has 1 unspecified atom stereocenters. The van der Waals surface area contributed by atoms with Crippen LogP contribution in [-0.2, 0) is 9.59 Å². The molecule has 1 atom stereocenters. The Morgan fingerprint density at radius 1 is 1.15 bits per heavy atom. The molecule has 3 N–H and O–H groups in total. The number of para-hydroxylation sites is 1. The van der Waals surface area contributed by atoms with Crippen LogP contribution in [0.1, 0.15) is 26.3 Å². The van der Waals surface area contributed by atoms with Gasteiger partial charge in [-0.05, 0) is 39.3 Å². The summed E-state index contributed by atoms with van der Waals surface area (Å²) >= 11 is 0. The average Bonchev–Trinajstić information content (AvgIpc) is 2.38. The second-order valence-corrected chi connectivity index (χ2v) is 5.13. The van der Waals surface area contributed by atoms with E-state index in [-0.39, 0.29) is 24.4 Å². The lowest BCUT2D eigenvalue weighted by Crippen LogP contribution is -2.46. The van der Waals surface area contributed by atoms with Crippen LogP contribution in [-0.4, -0.2) is 30.4 Å². The maximum absolute atomic E-state index is 11.8. The molecular weight excluding hydrogens is 254 g/mol. The van der Waals surface area contributed by atoms with Crippen molar-refractivity contribution in [3.63, 3.8) is 0 Å². The van der Waals surface area contributed by atoms with Crippen molar-refractivity contribution in [2.45, 2.75) is 39.8 Å². The van der Waals surface area contributed by atoms with Crippen molar-refractivity contribution >= 4 is 17.5 Å². The number of nitrogens with one attached hydrogen (secondary N) is 3. The van der Waals surface area contributed by atoms with Gasteiger partial charge in [0.25, 0.3) is 0 Å². The largest absolute Gasteiger partial charge is 0.353 e. The molecule has 1 rings (SSSR count). The van der Waals surface area contributed by atoms with Gasteiger partial charge in [0.05, 0.1) is 12.6 Å². The SMILES string of the molecule is Cc1ccccc1NC(=O)CNC(C)C(=O)NC(C)C. The summed E-state index contributed by atoms with van der Waals surface area (Å²) in [5.41, 5.74) is 1.80. The van der Waals surface area contributed by atoms with Crippen LogP contribution in [0.15, 0.2) is 24.3 Å². The summed E-state index contributed by atoms with van der Waals surface area (Å²) in [6.45, 7) is 7.56. The van der Waals surface area contributed by atoms with E-state index < -0.39 is 6.04 Å². The Morgan fingerprint density at radius 3 is 2.40 bits per heavy atom. The van der Waals surface area contributed by atoms with Gasteiger partial charge < -0.3 is 10.6 Å². The minimum Gasteiger partial charge on any atom is -0.353 e. The summed E-state index contributed by atoms with van der Waals surface area (Å²) in [6.07, 6.45) is 0. The number of benzene rings is 1. The molecule has 0 saturated carbocycles. The van der Waals surface area contributed by atoms with Crippen LogP contribution in [0.3, 0.4) is 0 Å². The lowest BCUT2D eigenvalue weighted by Gasteiger charge is -2.16. The van der Waals surface area contributed by atoms with E-state index in [0.717, 1.165) is 11.3 Å². The second kappa shape index (κ2) is 7.65. The van der Waals surface area contributed by atoms with Crippen molar-refractivity contribution in [1.82, 2.24) is 10.6 Å². The average molecular weight is 277 g/mol. The van der Waals surface area contributed by atoms with Crippen LogP contribution >= 0.6 is 0 Å². The molecule has 5 heteroatoms. The highest BCUT2D eigenvalue weighted by Crippen LogP contribution is 2.12. The normalized spacial score (nSPS) is 12.1. The number of carbonyl (C=O) groups is 2. The third-order valence-electron chi connectivity index (χ3n) is 2.81. The van der Waals surface area contributed by atoms with E-state index in [9.17, 15) is 9.59 Å². The first-order valence-corrected chi connectivity index (χ1v) is 6.79. The van der Waals surface area contributed by atoms with Crippen molar-refractivity contribution in [3.05, 3.63) is 29.8 Å². The van der Waals surface area contributed by atoms with Gasteiger partial charge in [0, 0.05) is 11.7 Å². The molecule has 0 radical (unpaired) electrons. The second-order valence-electron chi connectivity index (χ2n) is 5.13. The highest BCUT2D eigenvalue weighted by Gasteiger charge is 2.14. The minimum absolute atomic E-state index is 0.0903. The van der Waals surface area contributed by atoms with Gasteiger partial charge in [0.15, 0.2) is 0 Å². The van der Waals surface area contributed by atoms with E-state index in [0.29, 0.717) is 0 Å². The first-order chi connectivity index (χ1) is 9.40. The molecular formula is C15H23N3O2. The van der Waals surface area contributed by atoms with Crippen LogP contribution in [0.2, 0.25) is 0 Å². The maximum Gasteiger partial charge on any atom is 0.238 e. The van der Waals surface area contributed by atoms with Crippen LogP contribution in [0, 0.1) is 6.92 Å². The van der Waals surface area contributed by atoms with E-state index in [1.54, 1.807) is 6.92 Å². The van der Waals surface area contributed by atoms with Crippen molar-refractivity contribution in [3.8, 4) is 0 Å². The van der Waals surface area contributed by atoms with Gasteiger partial charge in [0.1, 0.15) is 0 Å². The molecule has 0 fully saturated rings. The molecule has 20 heavy (non-hydrogen) atoms. The Labute approximate surface area is 120 Å². The molecule has 0 bridgehead atoms. The Hall–Kier alpha value is -1.88. The van der Waals surface area contributed by atoms with Crippen LogP contribution in [0.4, 0.5) is 5.69 Å². The summed E-state index contributed by atoms with van der Waals surface area (Å²) in [7, 11) is 0. The predicted molar refractivity (Wildman–Crippen MR) is 80.6 cm³/mol. The molecule has 0 heterocycles. The molecule has 5 nitrogen and oxygen atoms in total. The molecule has 0 aromatic heterocycles. The van der Waals surface area contributed by atoms with E-state index in [1.165, 1.54) is 0 Å². The van der Waals surface area contributed by atoms with Gasteiger partial charge in [0.2, 0.25) is 11.8 Å². The Balaban J connectivity index is 2.40. The Kier molecular flexibility index (Phi) is 6.18. The van der Waals surface area contributed by atoms with E-state index >= 15 is 0 Å². The van der Waals surface area contributed by atoms with Crippen LogP contribution < -0.4 is 16.0 Å². The number of aryl methyl sites for hydroxylation is 1. The molecule has 1 aromatic rings. The topological polar surface area (TPSA) is 70.2 Å². The van der Waals surface area contributed by atoms with E-state index in [1.807, 2.05) is 45.0 Å².